The number of nitrogens with zero attached hydrogens (tertiary/aromatic N) is 2. The first kappa shape index (κ1) is 17.0. The minimum atomic E-state index is -0.811. The highest BCUT2D eigenvalue weighted by atomic mass is 16.2. The Hall–Kier alpha value is -2.02. The molecule has 5 N–H and O–H groups in total. The second kappa shape index (κ2) is 8.31. The molecule has 0 fully saturated rings. The number of aldehydes is 1. The molecule has 7 nitrogen and oxygen atoms in total. The van der Waals surface area contributed by atoms with E-state index in [0.29, 0.717) is 12.1 Å². The molecule has 116 valence electrons. The summed E-state index contributed by atoms with van der Waals surface area (Å²) in [4.78, 5) is 30.6. The van der Waals surface area contributed by atoms with Gasteiger partial charge in [-0.2, -0.15) is 4.98 Å². The first-order valence-corrected chi connectivity index (χ1v) is 7.11. The van der Waals surface area contributed by atoms with E-state index in [1.807, 2.05) is 6.92 Å². The van der Waals surface area contributed by atoms with Crippen molar-refractivity contribution in [3.63, 3.8) is 0 Å². The molecule has 0 saturated heterocycles. The third-order valence-corrected chi connectivity index (χ3v) is 3.12. The molecule has 0 aliphatic carbocycles. The van der Waals surface area contributed by atoms with Crippen molar-refractivity contribution in [2.75, 3.05) is 11.1 Å². The summed E-state index contributed by atoms with van der Waals surface area (Å²) in [6, 6.07) is -0.811. The van der Waals surface area contributed by atoms with Crippen LogP contribution in [-0.4, -0.2) is 28.2 Å². The second-order valence-corrected chi connectivity index (χ2v) is 5.00. The van der Waals surface area contributed by atoms with Crippen LogP contribution in [-0.2, 0) is 16.0 Å². The maximum atomic E-state index is 11.8. The van der Waals surface area contributed by atoms with Gasteiger partial charge < -0.3 is 21.6 Å². The van der Waals surface area contributed by atoms with Gasteiger partial charge in [-0.05, 0) is 19.8 Å². The van der Waals surface area contributed by atoms with Crippen LogP contribution in [0.2, 0.25) is 0 Å². The van der Waals surface area contributed by atoms with Crippen molar-refractivity contribution in [3.05, 3.63) is 11.3 Å². The zero-order chi connectivity index (χ0) is 15.8. The van der Waals surface area contributed by atoms with Gasteiger partial charge in [0, 0.05) is 17.7 Å². The number of nitrogens with two attached hydrogens (primary N) is 2. The quantitative estimate of drug-likeness (QED) is 0.484. The van der Waals surface area contributed by atoms with Crippen LogP contribution >= 0.6 is 0 Å². The van der Waals surface area contributed by atoms with Crippen LogP contribution in [0.4, 0.5) is 11.8 Å². The van der Waals surface area contributed by atoms with E-state index in [-0.39, 0.29) is 18.3 Å². The molecule has 1 rings (SSSR count). The summed E-state index contributed by atoms with van der Waals surface area (Å²) in [5, 5.41) is 2.68. The van der Waals surface area contributed by atoms with Crippen LogP contribution in [0, 0.1) is 6.92 Å². The summed E-state index contributed by atoms with van der Waals surface area (Å²) in [6.45, 7) is 3.96. The Morgan fingerprint density at radius 1 is 1.38 bits per heavy atom. The average Bonchev–Trinajstić information content (AvgIpc) is 2.41. The fourth-order valence-electron chi connectivity index (χ4n) is 2.02. The van der Waals surface area contributed by atoms with Gasteiger partial charge in [0.15, 0.2) is 0 Å². The van der Waals surface area contributed by atoms with Gasteiger partial charge in [-0.25, -0.2) is 4.98 Å². The molecule has 0 aromatic carbocycles. The van der Waals surface area contributed by atoms with E-state index >= 15 is 0 Å². The molecule has 0 bridgehead atoms. The van der Waals surface area contributed by atoms with Gasteiger partial charge in [-0.3, -0.25) is 4.79 Å². The van der Waals surface area contributed by atoms with Crippen molar-refractivity contribution in [1.29, 1.82) is 0 Å². The lowest BCUT2D eigenvalue weighted by Gasteiger charge is -2.13. The van der Waals surface area contributed by atoms with E-state index in [1.54, 1.807) is 0 Å². The van der Waals surface area contributed by atoms with Gasteiger partial charge in [0.05, 0.1) is 6.04 Å². The fraction of sp³-hybridized carbons (Fsp3) is 0.571. The van der Waals surface area contributed by atoms with E-state index in [2.05, 4.69) is 22.2 Å². The Balaban J connectivity index is 2.87. The molecular weight excluding hydrogens is 270 g/mol. The van der Waals surface area contributed by atoms with Gasteiger partial charge >= 0.3 is 0 Å². The highest BCUT2D eigenvalue weighted by molar-refractivity contribution is 5.92. The number of aryl methyl sites for hydroxylation is 1. The number of anilines is 2. The SMILES string of the molecule is CCCCCc1c(C)nc(N)nc1NC(=O)CC(N)C=O. The number of nitrogens with one attached hydrogen (secondary N) is 1. The molecule has 0 spiro atoms. The first-order valence-electron chi connectivity index (χ1n) is 7.11. The number of unbranched alkanes of at least 4 members (excludes halogenated alkanes) is 2. The van der Waals surface area contributed by atoms with Crippen molar-refractivity contribution >= 4 is 24.0 Å². The van der Waals surface area contributed by atoms with Crippen LogP contribution in [0.15, 0.2) is 0 Å². The monoisotopic (exact) mass is 293 g/mol. The number of hydrogen-bond acceptors (Lipinski definition) is 6. The van der Waals surface area contributed by atoms with E-state index in [1.165, 1.54) is 0 Å². The van der Waals surface area contributed by atoms with E-state index in [9.17, 15) is 9.59 Å². The summed E-state index contributed by atoms with van der Waals surface area (Å²) in [5.74, 6) is 0.171. The molecule has 0 aliphatic heterocycles. The number of carbonyl (C=O) groups excluding carboxylic acids is 2. The third kappa shape index (κ3) is 5.47. The van der Waals surface area contributed by atoms with Gasteiger partial charge in [0.1, 0.15) is 12.1 Å². The normalized spacial score (nSPS) is 12.0. The molecule has 1 unspecified atom stereocenters. The van der Waals surface area contributed by atoms with Crippen molar-refractivity contribution in [2.24, 2.45) is 5.73 Å². The van der Waals surface area contributed by atoms with Gasteiger partial charge in [0.2, 0.25) is 11.9 Å². The summed E-state index contributed by atoms with van der Waals surface area (Å²) in [7, 11) is 0. The molecule has 0 saturated carbocycles. The maximum Gasteiger partial charge on any atom is 0.227 e. The molecule has 0 aliphatic rings. The Morgan fingerprint density at radius 2 is 2.10 bits per heavy atom. The Morgan fingerprint density at radius 3 is 2.71 bits per heavy atom. The van der Waals surface area contributed by atoms with Crippen LogP contribution < -0.4 is 16.8 Å². The topological polar surface area (TPSA) is 124 Å². The highest BCUT2D eigenvalue weighted by Gasteiger charge is 2.15. The predicted molar refractivity (Wildman–Crippen MR) is 81.7 cm³/mol. The lowest BCUT2D eigenvalue weighted by Crippen LogP contribution is -2.29. The average molecular weight is 293 g/mol. The molecule has 21 heavy (non-hydrogen) atoms. The molecule has 1 aromatic rings. The summed E-state index contributed by atoms with van der Waals surface area (Å²) in [6.07, 6.45) is 4.41. The highest BCUT2D eigenvalue weighted by Crippen LogP contribution is 2.20. The number of amides is 1. The first-order chi connectivity index (χ1) is 9.97. The molecular formula is C14H23N5O2. The summed E-state index contributed by atoms with van der Waals surface area (Å²) >= 11 is 0. The molecule has 1 amide bonds. The number of aromatic nitrogens is 2. The number of rotatable bonds is 8. The largest absolute Gasteiger partial charge is 0.368 e. The number of nitrogen functional groups attached to an aromatic ring is 1. The van der Waals surface area contributed by atoms with Crippen LogP contribution in [0.1, 0.15) is 43.9 Å². The lowest BCUT2D eigenvalue weighted by atomic mass is 10.1. The van der Waals surface area contributed by atoms with Crippen LogP contribution in [0.25, 0.3) is 0 Å². The smallest absolute Gasteiger partial charge is 0.227 e. The molecule has 1 heterocycles. The molecule has 1 aromatic heterocycles. The van der Waals surface area contributed by atoms with Crippen molar-refractivity contribution in [2.45, 2.75) is 52.0 Å². The van der Waals surface area contributed by atoms with Gasteiger partial charge in [0.25, 0.3) is 0 Å². The van der Waals surface area contributed by atoms with E-state index in [0.717, 1.165) is 36.9 Å². The van der Waals surface area contributed by atoms with E-state index < -0.39 is 6.04 Å². The van der Waals surface area contributed by atoms with Crippen molar-refractivity contribution in [1.82, 2.24) is 9.97 Å². The summed E-state index contributed by atoms with van der Waals surface area (Å²) in [5.41, 5.74) is 12.7. The number of carbonyl (C=O) groups is 2. The van der Waals surface area contributed by atoms with Crippen molar-refractivity contribution < 1.29 is 9.59 Å². The lowest BCUT2D eigenvalue weighted by molar-refractivity contribution is -0.118. The van der Waals surface area contributed by atoms with Crippen molar-refractivity contribution in [3.8, 4) is 0 Å². The summed E-state index contributed by atoms with van der Waals surface area (Å²) < 4.78 is 0. The maximum absolute atomic E-state index is 11.8. The van der Waals surface area contributed by atoms with Gasteiger partial charge in [-0.1, -0.05) is 19.8 Å². The fourth-order valence-corrected chi connectivity index (χ4v) is 2.02. The Bertz CT molecular complexity index is 504. The zero-order valence-corrected chi connectivity index (χ0v) is 12.6. The third-order valence-electron chi connectivity index (χ3n) is 3.12. The molecule has 7 heteroatoms. The Kier molecular flexibility index (Phi) is 6.74. The minimum absolute atomic E-state index is 0.0825. The van der Waals surface area contributed by atoms with Gasteiger partial charge in [-0.15, -0.1) is 0 Å². The number of hydrogen-bond donors (Lipinski definition) is 3. The van der Waals surface area contributed by atoms with Crippen LogP contribution in [0.5, 0.6) is 0 Å². The zero-order valence-electron chi connectivity index (χ0n) is 12.6. The minimum Gasteiger partial charge on any atom is -0.368 e. The molecule has 1 atom stereocenters. The second-order valence-electron chi connectivity index (χ2n) is 5.00. The Labute approximate surface area is 124 Å². The van der Waals surface area contributed by atoms with E-state index in [4.69, 9.17) is 11.5 Å². The molecule has 0 radical (unpaired) electrons. The predicted octanol–water partition coefficient (Wildman–Crippen LogP) is 0.955. The van der Waals surface area contributed by atoms with Crippen LogP contribution in [0.3, 0.4) is 0 Å². The standard InChI is InChI=1S/C14H23N5O2/c1-3-4-5-6-11-9(2)17-14(16)19-13(11)18-12(21)7-10(15)8-20/h8,10H,3-7,15H2,1-2H3,(H3,16,17,18,19,21).